The van der Waals surface area contributed by atoms with Crippen LogP contribution in [0.2, 0.25) is 0 Å². The van der Waals surface area contributed by atoms with Crippen molar-refractivity contribution in [3.8, 4) is 11.5 Å². The van der Waals surface area contributed by atoms with Gasteiger partial charge in [0.05, 0.1) is 13.7 Å². The molecule has 4 N–H and O–H groups in total. The predicted molar refractivity (Wildman–Crippen MR) is 110 cm³/mol. The number of benzene rings is 2. The number of rotatable bonds is 12. The molecule has 0 saturated heterocycles. The van der Waals surface area contributed by atoms with E-state index in [9.17, 15) is 19.0 Å². The predicted octanol–water partition coefficient (Wildman–Crippen LogP) is 2.28. The SMILES string of the molecule is COc1ccccc1CCC(=O)OCc1ccc(OP(=O)(O)OC[C@H](N)C(=O)O)cc1. The number of carbonyl (C=O) groups excluding carboxylic acids is 1. The molecule has 0 amide bonds. The number of para-hydroxylation sites is 1. The molecule has 2 aromatic rings. The normalized spacial score (nSPS) is 13.6. The number of esters is 1. The van der Waals surface area contributed by atoms with Crippen LogP contribution in [0.5, 0.6) is 11.5 Å². The molecule has 0 radical (unpaired) electrons. The van der Waals surface area contributed by atoms with Gasteiger partial charge in [0, 0.05) is 6.42 Å². The fourth-order valence-electron chi connectivity index (χ4n) is 2.43. The Morgan fingerprint density at radius 2 is 1.81 bits per heavy atom. The highest BCUT2D eigenvalue weighted by atomic mass is 31.2. The van der Waals surface area contributed by atoms with E-state index in [-0.39, 0.29) is 24.7 Å². The molecule has 10 nitrogen and oxygen atoms in total. The van der Waals surface area contributed by atoms with Crippen LogP contribution in [0.4, 0.5) is 0 Å². The van der Waals surface area contributed by atoms with Crippen LogP contribution in [0.25, 0.3) is 0 Å². The molecular weight excluding hydrogens is 429 g/mol. The molecule has 0 spiro atoms. The molecule has 0 bridgehead atoms. The minimum absolute atomic E-state index is 0.0148. The number of aryl methyl sites for hydroxylation is 1. The zero-order valence-electron chi connectivity index (χ0n) is 16.8. The monoisotopic (exact) mass is 453 g/mol. The van der Waals surface area contributed by atoms with Crippen LogP contribution in [0.3, 0.4) is 0 Å². The molecule has 0 heterocycles. The molecule has 0 aliphatic carbocycles. The van der Waals surface area contributed by atoms with Gasteiger partial charge in [-0.2, -0.15) is 0 Å². The number of hydrogen-bond donors (Lipinski definition) is 3. The van der Waals surface area contributed by atoms with Gasteiger partial charge in [-0.15, -0.1) is 0 Å². The van der Waals surface area contributed by atoms with Crippen LogP contribution >= 0.6 is 7.82 Å². The number of aliphatic carboxylic acids is 1. The third-order valence-corrected chi connectivity index (χ3v) is 4.99. The highest BCUT2D eigenvalue weighted by Gasteiger charge is 2.26. The molecule has 2 atom stereocenters. The lowest BCUT2D eigenvalue weighted by Gasteiger charge is -2.14. The summed E-state index contributed by atoms with van der Waals surface area (Å²) in [6.45, 7) is -0.669. The van der Waals surface area contributed by atoms with Crippen LogP contribution in [-0.4, -0.2) is 41.7 Å². The van der Waals surface area contributed by atoms with Crippen molar-refractivity contribution in [2.24, 2.45) is 5.73 Å². The average Bonchev–Trinajstić information content (AvgIpc) is 2.75. The highest BCUT2D eigenvalue weighted by molar-refractivity contribution is 7.47. The van der Waals surface area contributed by atoms with Crippen LogP contribution in [-0.2, 0) is 36.4 Å². The number of carbonyl (C=O) groups is 2. The zero-order chi connectivity index (χ0) is 22.9. The fraction of sp³-hybridized carbons (Fsp3) is 0.300. The van der Waals surface area contributed by atoms with Crippen molar-refractivity contribution in [3.05, 3.63) is 59.7 Å². The van der Waals surface area contributed by atoms with Crippen molar-refractivity contribution in [3.63, 3.8) is 0 Å². The van der Waals surface area contributed by atoms with Crippen molar-refractivity contribution in [2.75, 3.05) is 13.7 Å². The van der Waals surface area contributed by atoms with Gasteiger partial charge in [0.15, 0.2) is 0 Å². The fourth-order valence-corrected chi connectivity index (χ4v) is 3.22. The average molecular weight is 453 g/mol. The lowest BCUT2D eigenvalue weighted by atomic mass is 10.1. The molecule has 2 rings (SSSR count). The Balaban J connectivity index is 1.79. The summed E-state index contributed by atoms with van der Waals surface area (Å²) < 4.78 is 31.7. The van der Waals surface area contributed by atoms with E-state index >= 15 is 0 Å². The Bertz CT molecular complexity index is 933. The number of ether oxygens (including phenoxy) is 2. The van der Waals surface area contributed by atoms with E-state index in [1.165, 1.54) is 12.1 Å². The van der Waals surface area contributed by atoms with Crippen molar-refractivity contribution in [1.29, 1.82) is 0 Å². The summed E-state index contributed by atoms with van der Waals surface area (Å²) in [4.78, 5) is 32.2. The van der Waals surface area contributed by atoms with Crippen LogP contribution in [0.15, 0.2) is 48.5 Å². The number of nitrogens with two attached hydrogens (primary N) is 1. The third-order valence-electron chi connectivity index (χ3n) is 4.07. The molecule has 11 heteroatoms. The van der Waals surface area contributed by atoms with Crippen LogP contribution in [0, 0.1) is 0 Å². The lowest BCUT2D eigenvalue weighted by molar-refractivity contribution is -0.145. The summed E-state index contributed by atoms with van der Waals surface area (Å²) in [7, 11) is -2.97. The van der Waals surface area contributed by atoms with E-state index in [0.717, 1.165) is 5.56 Å². The summed E-state index contributed by atoms with van der Waals surface area (Å²) in [6.07, 6.45) is 0.665. The number of carboxylic acids is 1. The molecule has 0 aliphatic rings. The second-order valence-electron chi connectivity index (χ2n) is 6.42. The summed E-state index contributed by atoms with van der Waals surface area (Å²) in [5.74, 6) is -1.03. The van der Waals surface area contributed by atoms with E-state index in [1.807, 2.05) is 24.3 Å². The molecule has 168 valence electrons. The van der Waals surface area contributed by atoms with Crippen molar-refractivity contribution in [2.45, 2.75) is 25.5 Å². The molecule has 1 unspecified atom stereocenters. The molecule has 0 saturated carbocycles. The molecule has 2 aromatic carbocycles. The maximum atomic E-state index is 12.0. The highest BCUT2D eigenvalue weighted by Crippen LogP contribution is 2.43. The molecule has 31 heavy (non-hydrogen) atoms. The first-order valence-electron chi connectivity index (χ1n) is 9.22. The first-order valence-corrected chi connectivity index (χ1v) is 10.7. The second kappa shape index (κ2) is 11.5. The van der Waals surface area contributed by atoms with Gasteiger partial charge in [-0.05, 0) is 35.7 Å². The zero-order valence-corrected chi connectivity index (χ0v) is 17.7. The van der Waals surface area contributed by atoms with Crippen molar-refractivity contribution < 1.29 is 42.7 Å². The minimum atomic E-state index is -4.54. The second-order valence-corrected chi connectivity index (χ2v) is 7.79. The van der Waals surface area contributed by atoms with E-state index < -0.39 is 26.4 Å². The summed E-state index contributed by atoms with van der Waals surface area (Å²) in [6, 6.07) is 11.8. The number of phosphoric acid groups is 1. The molecule has 0 aromatic heterocycles. The summed E-state index contributed by atoms with van der Waals surface area (Å²) >= 11 is 0. The first-order chi connectivity index (χ1) is 14.7. The number of phosphoric ester groups is 1. The van der Waals surface area contributed by atoms with Gasteiger partial charge in [-0.1, -0.05) is 30.3 Å². The molecule has 0 aliphatic heterocycles. The largest absolute Gasteiger partial charge is 0.527 e. The van der Waals surface area contributed by atoms with Crippen molar-refractivity contribution >= 4 is 19.8 Å². The Morgan fingerprint density at radius 1 is 1.13 bits per heavy atom. The maximum absolute atomic E-state index is 12.0. The van der Waals surface area contributed by atoms with Gasteiger partial charge in [-0.25, -0.2) is 4.57 Å². The number of methoxy groups -OCH3 is 1. The minimum Gasteiger partial charge on any atom is -0.496 e. The van der Waals surface area contributed by atoms with E-state index in [1.54, 1.807) is 19.2 Å². The summed E-state index contributed by atoms with van der Waals surface area (Å²) in [5.41, 5.74) is 6.75. The Morgan fingerprint density at radius 3 is 2.45 bits per heavy atom. The smallest absolute Gasteiger partial charge is 0.496 e. The van der Waals surface area contributed by atoms with Crippen molar-refractivity contribution in [1.82, 2.24) is 0 Å². The Hall–Kier alpha value is -2.91. The lowest BCUT2D eigenvalue weighted by Crippen LogP contribution is -2.34. The van der Waals surface area contributed by atoms with Gasteiger partial charge < -0.3 is 24.8 Å². The Labute approximate surface area is 179 Å². The van der Waals surface area contributed by atoms with Gasteiger partial charge in [0.2, 0.25) is 0 Å². The van der Waals surface area contributed by atoms with Gasteiger partial charge in [-0.3, -0.25) is 19.0 Å². The maximum Gasteiger partial charge on any atom is 0.527 e. The molecule has 0 fully saturated rings. The van der Waals surface area contributed by atoms with Gasteiger partial charge in [0.25, 0.3) is 0 Å². The van der Waals surface area contributed by atoms with Crippen LogP contribution in [0.1, 0.15) is 17.5 Å². The topological polar surface area (TPSA) is 155 Å². The quantitative estimate of drug-likeness (QED) is 0.322. The van der Waals surface area contributed by atoms with Gasteiger partial charge >= 0.3 is 19.8 Å². The summed E-state index contributed by atoms with van der Waals surface area (Å²) in [5, 5.41) is 8.65. The van der Waals surface area contributed by atoms with Gasteiger partial charge in [0.1, 0.15) is 24.1 Å². The van der Waals surface area contributed by atoms with E-state index in [0.29, 0.717) is 17.7 Å². The number of hydrogen-bond acceptors (Lipinski definition) is 8. The number of carboxylic acid groups (broad SMARTS) is 1. The van der Waals surface area contributed by atoms with E-state index in [2.05, 4.69) is 4.52 Å². The Kier molecular flexibility index (Phi) is 9.02. The first kappa shape index (κ1) is 24.4. The standard InChI is InChI=1S/C20H24NO9P/c1-27-18-5-3-2-4-15(18)8-11-19(22)28-12-14-6-9-16(10-7-14)30-31(25,26)29-13-17(21)20(23)24/h2-7,9-10,17H,8,11-13,21H2,1H3,(H,23,24)(H,25,26)/t17-/m0/s1. The molecular formula is C20H24NO9P. The van der Waals surface area contributed by atoms with E-state index in [4.69, 9.17) is 24.8 Å². The third kappa shape index (κ3) is 8.39. The van der Waals surface area contributed by atoms with Crippen LogP contribution < -0.4 is 15.0 Å².